The van der Waals surface area contributed by atoms with Gasteiger partial charge in [0.05, 0.1) is 6.21 Å². The molecular weight excluding hydrogens is 326 g/mol. The number of anilines is 1. The molecule has 0 aliphatic carbocycles. The highest BCUT2D eigenvalue weighted by Crippen LogP contribution is 2.23. The number of carbonyl (C=O) groups is 2. The van der Waals surface area contributed by atoms with Gasteiger partial charge in [-0.25, -0.2) is 5.43 Å². The van der Waals surface area contributed by atoms with Crippen molar-refractivity contribution in [3.8, 4) is 0 Å². The lowest BCUT2D eigenvalue weighted by molar-refractivity contribution is -0.124. The summed E-state index contributed by atoms with van der Waals surface area (Å²) in [6, 6.07) is 14.7. The average Bonchev–Trinajstić information content (AvgIpc) is 2.58. The second-order valence-electron chi connectivity index (χ2n) is 5.16. The van der Waals surface area contributed by atoms with Crippen LogP contribution < -0.4 is 10.7 Å². The van der Waals surface area contributed by atoms with Crippen molar-refractivity contribution in [3.05, 3.63) is 64.7 Å². The molecule has 0 radical (unpaired) electrons. The van der Waals surface area contributed by atoms with Gasteiger partial charge in [-0.05, 0) is 30.2 Å². The van der Waals surface area contributed by atoms with Crippen LogP contribution in [0.4, 0.5) is 5.69 Å². The van der Waals surface area contributed by atoms with Crippen LogP contribution in [0.2, 0.25) is 5.02 Å². The van der Waals surface area contributed by atoms with E-state index in [9.17, 15) is 9.59 Å². The fourth-order valence-electron chi connectivity index (χ4n) is 1.96. The SMILES string of the molecule is Cc1c(Cl)cccc1NC(=O)CCC(=O)NN=Cc1ccccc1. The zero-order valence-electron chi connectivity index (χ0n) is 13.3. The fraction of sp³-hybridized carbons (Fsp3) is 0.167. The monoisotopic (exact) mass is 343 g/mol. The van der Waals surface area contributed by atoms with E-state index in [4.69, 9.17) is 11.6 Å². The quantitative estimate of drug-likeness (QED) is 0.622. The first-order valence-electron chi connectivity index (χ1n) is 7.48. The van der Waals surface area contributed by atoms with Gasteiger partial charge < -0.3 is 5.32 Å². The lowest BCUT2D eigenvalue weighted by Crippen LogP contribution is -2.20. The third-order valence-electron chi connectivity index (χ3n) is 3.32. The molecule has 5 nitrogen and oxygen atoms in total. The molecule has 24 heavy (non-hydrogen) atoms. The minimum Gasteiger partial charge on any atom is -0.326 e. The van der Waals surface area contributed by atoms with Crippen LogP contribution in [-0.2, 0) is 9.59 Å². The Balaban J connectivity index is 1.76. The summed E-state index contributed by atoms with van der Waals surface area (Å²) < 4.78 is 0. The Bertz CT molecular complexity index is 745. The second kappa shape index (κ2) is 8.84. The molecule has 6 heteroatoms. The van der Waals surface area contributed by atoms with Gasteiger partial charge in [-0.15, -0.1) is 0 Å². The molecule has 0 aliphatic heterocycles. The van der Waals surface area contributed by atoms with Crippen LogP contribution in [0.25, 0.3) is 0 Å². The lowest BCUT2D eigenvalue weighted by atomic mass is 10.2. The largest absolute Gasteiger partial charge is 0.326 e. The Morgan fingerprint density at radius 3 is 2.50 bits per heavy atom. The van der Waals surface area contributed by atoms with Crippen LogP contribution in [0, 0.1) is 6.92 Å². The normalized spacial score (nSPS) is 10.6. The molecule has 124 valence electrons. The summed E-state index contributed by atoms with van der Waals surface area (Å²) in [4.78, 5) is 23.6. The van der Waals surface area contributed by atoms with Crippen LogP contribution in [0.1, 0.15) is 24.0 Å². The van der Waals surface area contributed by atoms with Crippen molar-refractivity contribution in [3.63, 3.8) is 0 Å². The van der Waals surface area contributed by atoms with Gasteiger partial charge in [0.15, 0.2) is 0 Å². The highest BCUT2D eigenvalue weighted by atomic mass is 35.5. The minimum atomic E-state index is -0.319. The van der Waals surface area contributed by atoms with E-state index in [-0.39, 0.29) is 24.7 Å². The van der Waals surface area contributed by atoms with E-state index in [1.54, 1.807) is 24.4 Å². The van der Waals surface area contributed by atoms with Gasteiger partial charge in [-0.2, -0.15) is 5.10 Å². The number of hydrazone groups is 1. The number of benzene rings is 2. The van der Waals surface area contributed by atoms with Crippen molar-refractivity contribution in [2.45, 2.75) is 19.8 Å². The molecule has 2 amide bonds. The van der Waals surface area contributed by atoms with Crippen molar-refractivity contribution in [2.75, 3.05) is 5.32 Å². The summed E-state index contributed by atoms with van der Waals surface area (Å²) in [7, 11) is 0. The smallest absolute Gasteiger partial charge is 0.240 e. The molecule has 0 unspecified atom stereocenters. The maximum Gasteiger partial charge on any atom is 0.240 e. The van der Waals surface area contributed by atoms with Gasteiger partial charge in [0.1, 0.15) is 0 Å². The zero-order valence-corrected chi connectivity index (χ0v) is 14.0. The number of hydrogen-bond acceptors (Lipinski definition) is 3. The maximum absolute atomic E-state index is 11.9. The van der Waals surface area contributed by atoms with Crippen LogP contribution in [0.15, 0.2) is 53.6 Å². The first-order valence-corrected chi connectivity index (χ1v) is 7.86. The van der Waals surface area contributed by atoms with E-state index in [0.29, 0.717) is 10.7 Å². The maximum atomic E-state index is 11.9. The van der Waals surface area contributed by atoms with Crippen molar-refractivity contribution in [1.82, 2.24) is 5.43 Å². The Kier molecular flexibility index (Phi) is 6.51. The second-order valence-corrected chi connectivity index (χ2v) is 5.57. The molecule has 0 saturated carbocycles. The number of nitrogens with one attached hydrogen (secondary N) is 2. The van der Waals surface area contributed by atoms with Crippen molar-refractivity contribution >= 4 is 35.3 Å². The van der Waals surface area contributed by atoms with Gasteiger partial charge in [-0.3, -0.25) is 9.59 Å². The molecule has 0 atom stereocenters. The third-order valence-corrected chi connectivity index (χ3v) is 3.73. The molecule has 0 fully saturated rings. The Labute approximate surface area is 145 Å². The average molecular weight is 344 g/mol. The standard InChI is InChI=1S/C18H18ClN3O2/c1-13-15(19)8-5-9-16(13)21-17(23)10-11-18(24)22-20-12-14-6-3-2-4-7-14/h2-9,12H,10-11H2,1H3,(H,21,23)(H,22,24). The molecule has 0 aromatic heterocycles. The molecule has 2 aromatic rings. The minimum absolute atomic E-state index is 0.0532. The highest BCUT2D eigenvalue weighted by Gasteiger charge is 2.09. The first-order chi connectivity index (χ1) is 11.6. The van der Waals surface area contributed by atoms with Crippen molar-refractivity contribution < 1.29 is 9.59 Å². The molecule has 0 bridgehead atoms. The van der Waals surface area contributed by atoms with E-state index in [1.165, 1.54) is 0 Å². The molecule has 0 saturated heterocycles. The van der Waals surface area contributed by atoms with Crippen molar-refractivity contribution in [2.24, 2.45) is 5.10 Å². The van der Waals surface area contributed by atoms with Crippen molar-refractivity contribution in [1.29, 1.82) is 0 Å². The number of halogens is 1. The predicted molar refractivity (Wildman–Crippen MR) is 96.2 cm³/mol. The molecule has 0 aliphatic rings. The number of hydrogen-bond donors (Lipinski definition) is 2. The summed E-state index contributed by atoms with van der Waals surface area (Å²) in [5, 5.41) is 7.19. The molecule has 0 heterocycles. The topological polar surface area (TPSA) is 70.6 Å². The highest BCUT2D eigenvalue weighted by molar-refractivity contribution is 6.31. The van der Waals surface area contributed by atoms with Gasteiger partial charge >= 0.3 is 0 Å². The Hall–Kier alpha value is -2.66. The number of amides is 2. The molecule has 0 spiro atoms. The van der Waals surface area contributed by atoms with Crippen LogP contribution >= 0.6 is 11.6 Å². The first kappa shape index (κ1) is 17.7. The summed E-state index contributed by atoms with van der Waals surface area (Å²) in [6.45, 7) is 1.82. The summed E-state index contributed by atoms with van der Waals surface area (Å²) in [5.41, 5.74) is 4.73. The van der Waals surface area contributed by atoms with Crippen LogP contribution in [0.5, 0.6) is 0 Å². The van der Waals surface area contributed by atoms with E-state index in [1.807, 2.05) is 37.3 Å². The zero-order chi connectivity index (χ0) is 17.4. The van der Waals surface area contributed by atoms with Gasteiger partial charge in [0.25, 0.3) is 0 Å². The molecule has 2 aromatic carbocycles. The van der Waals surface area contributed by atoms with Gasteiger partial charge in [0.2, 0.25) is 11.8 Å². The summed E-state index contributed by atoms with van der Waals surface area (Å²) in [6.07, 6.45) is 1.67. The molecular formula is C18H18ClN3O2. The van der Waals surface area contributed by atoms with Gasteiger partial charge in [0, 0.05) is 23.6 Å². The van der Waals surface area contributed by atoms with Crippen LogP contribution in [-0.4, -0.2) is 18.0 Å². The van der Waals surface area contributed by atoms with Crippen LogP contribution in [0.3, 0.4) is 0 Å². The summed E-state index contributed by atoms with van der Waals surface area (Å²) in [5.74, 6) is -0.567. The van der Waals surface area contributed by atoms with E-state index in [2.05, 4.69) is 15.8 Å². The Morgan fingerprint density at radius 2 is 1.75 bits per heavy atom. The predicted octanol–water partition coefficient (Wildman–Crippen LogP) is 3.52. The third kappa shape index (κ3) is 5.52. The molecule has 2 N–H and O–H groups in total. The number of rotatable bonds is 6. The fourth-order valence-corrected chi connectivity index (χ4v) is 2.13. The lowest BCUT2D eigenvalue weighted by Gasteiger charge is -2.09. The van der Waals surface area contributed by atoms with E-state index < -0.39 is 0 Å². The number of carbonyl (C=O) groups excluding carboxylic acids is 2. The van der Waals surface area contributed by atoms with Gasteiger partial charge in [-0.1, -0.05) is 48.0 Å². The molecule has 2 rings (SSSR count). The Morgan fingerprint density at radius 1 is 1.04 bits per heavy atom. The number of nitrogens with zero attached hydrogens (tertiary/aromatic N) is 1. The van der Waals surface area contributed by atoms with E-state index >= 15 is 0 Å². The van der Waals surface area contributed by atoms with E-state index in [0.717, 1.165) is 11.1 Å². The summed E-state index contributed by atoms with van der Waals surface area (Å²) >= 11 is 6.00.